The van der Waals surface area contributed by atoms with Crippen molar-refractivity contribution in [2.75, 3.05) is 12.4 Å². The molecular formula is C28H38N6O5. The Kier molecular flexibility index (Phi) is 8.29. The molecular weight excluding hydrogens is 500 g/mol. The maximum Gasteiger partial charge on any atom is 0.415 e. The van der Waals surface area contributed by atoms with Crippen molar-refractivity contribution >= 4 is 24.4 Å². The molecule has 210 valence electrons. The van der Waals surface area contributed by atoms with Crippen molar-refractivity contribution in [1.29, 1.82) is 0 Å². The Labute approximate surface area is 229 Å². The standard InChI is InChI=1S/C28H38N6O5/c1-17(25(36)32-18-9-10-20(35)14-18)23-15-19(31-22-8-7-13-30-26(22)38-21-11-12-21)16-24(34(23)29-5)33(6)27(37)39-28(2,3)4/h7-8,13,15-16,18,20-21,31,35H,5,9-12,14H2,1-4,6H3,(H,32,36)/b23-17+/t18?,20-/m0/s1. The van der Waals surface area contributed by atoms with Gasteiger partial charge in [0.05, 0.1) is 11.8 Å². The number of aliphatic hydroxyl groups excluding tert-OH is 1. The van der Waals surface area contributed by atoms with E-state index in [9.17, 15) is 14.7 Å². The Morgan fingerprint density at radius 2 is 1.97 bits per heavy atom. The summed E-state index contributed by atoms with van der Waals surface area (Å²) in [5.41, 5.74) is 1.30. The first-order valence-corrected chi connectivity index (χ1v) is 13.2. The summed E-state index contributed by atoms with van der Waals surface area (Å²) < 4.78 is 11.5. The van der Waals surface area contributed by atoms with E-state index in [4.69, 9.17) is 9.47 Å². The lowest BCUT2D eigenvalue weighted by atomic mass is 10.1. The number of nitrogens with zero attached hydrogens (tertiary/aromatic N) is 4. The number of aliphatic hydroxyl groups is 1. The third-order valence-corrected chi connectivity index (χ3v) is 6.49. The van der Waals surface area contributed by atoms with Gasteiger partial charge in [-0.15, -0.1) is 0 Å². The van der Waals surface area contributed by atoms with Crippen LogP contribution in [0, 0.1) is 0 Å². The van der Waals surface area contributed by atoms with Gasteiger partial charge in [-0.3, -0.25) is 9.69 Å². The van der Waals surface area contributed by atoms with Gasteiger partial charge in [-0.05, 0) is 78.0 Å². The Morgan fingerprint density at radius 1 is 1.23 bits per heavy atom. The van der Waals surface area contributed by atoms with E-state index in [-0.39, 0.29) is 18.1 Å². The van der Waals surface area contributed by atoms with Crippen molar-refractivity contribution in [3.05, 3.63) is 53.3 Å². The molecule has 3 N–H and O–H groups in total. The molecule has 2 heterocycles. The van der Waals surface area contributed by atoms with Crippen molar-refractivity contribution < 1.29 is 24.2 Å². The number of pyridine rings is 1. The topological polar surface area (TPSA) is 129 Å². The van der Waals surface area contributed by atoms with Crippen LogP contribution in [0.4, 0.5) is 10.5 Å². The number of hydrogen-bond acceptors (Lipinski definition) is 9. The molecule has 11 nitrogen and oxygen atoms in total. The Bertz CT molecular complexity index is 1210. The van der Waals surface area contributed by atoms with Gasteiger partial charge in [-0.25, -0.2) is 14.8 Å². The smallest absolute Gasteiger partial charge is 0.415 e. The van der Waals surface area contributed by atoms with Crippen LogP contribution >= 0.6 is 0 Å². The highest BCUT2D eigenvalue weighted by Crippen LogP contribution is 2.34. The summed E-state index contributed by atoms with van der Waals surface area (Å²) >= 11 is 0. The molecule has 11 heteroatoms. The molecule has 39 heavy (non-hydrogen) atoms. The predicted octanol–water partition coefficient (Wildman–Crippen LogP) is 3.86. The average molecular weight is 539 g/mol. The molecule has 3 aliphatic rings. The van der Waals surface area contributed by atoms with E-state index >= 15 is 0 Å². The van der Waals surface area contributed by atoms with E-state index in [0.29, 0.717) is 53.6 Å². The zero-order chi connectivity index (χ0) is 28.3. The first-order valence-electron chi connectivity index (χ1n) is 13.2. The molecule has 1 aliphatic heterocycles. The summed E-state index contributed by atoms with van der Waals surface area (Å²) in [5.74, 6) is 0.505. The molecule has 2 saturated carbocycles. The molecule has 0 bridgehead atoms. The van der Waals surface area contributed by atoms with Gasteiger partial charge in [0, 0.05) is 43.4 Å². The van der Waals surface area contributed by atoms with Crippen LogP contribution in [-0.4, -0.2) is 69.6 Å². The molecule has 1 aromatic rings. The predicted molar refractivity (Wildman–Crippen MR) is 148 cm³/mol. The highest BCUT2D eigenvalue weighted by molar-refractivity contribution is 5.94. The van der Waals surface area contributed by atoms with Crippen molar-refractivity contribution in [2.45, 2.75) is 83.6 Å². The summed E-state index contributed by atoms with van der Waals surface area (Å²) in [7, 11) is 1.57. The second-order valence-corrected chi connectivity index (χ2v) is 11.0. The molecule has 0 spiro atoms. The van der Waals surface area contributed by atoms with Crippen molar-refractivity contribution in [3.8, 4) is 5.88 Å². The number of carbonyl (C=O) groups excluding carboxylic acids is 2. The number of aromatic nitrogens is 1. The number of carbonyl (C=O) groups is 2. The Morgan fingerprint density at radius 3 is 2.59 bits per heavy atom. The Balaban J connectivity index is 1.70. The number of anilines is 1. The quantitative estimate of drug-likeness (QED) is 0.336. The normalized spacial score (nSPS) is 22.4. The van der Waals surface area contributed by atoms with Gasteiger partial charge in [-0.1, -0.05) is 0 Å². The summed E-state index contributed by atoms with van der Waals surface area (Å²) in [4.78, 5) is 32.0. The summed E-state index contributed by atoms with van der Waals surface area (Å²) in [6.07, 6.45) is 8.13. The fraction of sp³-hybridized carbons (Fsp3) is 0.500. The molecule has 4 rings (SSSR count). The van der Waals surface area contributed by atoms with Crippen LogP contribution < -0.4 is 15.4 Å². The van der Waals surface area contributed by atoms with E-state index < -0.39 is 17.8 Å². The fourth-order valence-corrected chi connectivity index (χ4v) is 4.30. The average Bonchev–Trinajstić information content (AvgIpc) is 3.61. The van der Waals surface area contributed by atoms with Gasteiger partial charge in [0.15, 0.2) is 0 Å². The first kappa shape index (κ1) is 28.2. The van der Waals surface area contributed by atoms with Gasteiger partial charge < -0.3 is 25.2 Å². The first-order chi connectivity index (χ1) is 18.4. The third-order valence-electron chi connectivity index (χ3n) is 6.49. The summed E-state index contributed by atoms with van der Waals surface area (Å²) in [5, 5.41) is 21.8. The second-order valence-electron chi connectivity index (χ2n) is 11.0. The maximum atomic E-state index is 13.3. The van der Waals surface area contributed by atoms with Gasteiger partial charge in [0.1, 0.15) is 23.2 Å². The number of allylic oxidation sites excluding steroid dienone is 2. The van der Waals surface area contributed by atoms with Gasteiger partial charge in [0.25, 0.3) is 0 Å². The van der Waals surface area contributed by atoms with Crippen LogP contribution in [0.15, 0.2) is 58.4 Å². The lowest BCUT2D eigenvalue weighted by Crippen LogP contribution is -2.40. The summed E-state index contributed by atoms with van der Waals surface area (Å²) in [6, 6.07) is 3.53. The van der Waals surface area contributed by atoms with Crippen molar-refractivity contribution in [3.63, 3.8) is 0 Å². The number of ether oxygens (including phenoxy) is 2. The monoisotopic (exact) mass is 538 g/mol. The maximum absolute atomic E-state index is 13.3. The molecule has 1 unspecified atom stereocenters. The number of rotatable bonds is 8. The zero-order valence-electron chi connectivity index (χ0n) is 23.2. The number of hydrogen-bond donors (Lipinski definition) is 3. The third kappa shape index (κ3) is 7.17. The number of hydrazone groups is 1. The van der Waals surface area contributed by atoms with E-state index in [1.54, 1.807) is 59.2 Å². The Hall–Kier alpha value is -3.86. The van der Waals surface area contributed by atoms with Crippen molar-refractivity contribution in [1.82, 2.24) is 20.2 Å². The van der Waals surface area contributed by atoms with Crippen molar-refractivity contribution in [2.24, 2.45) is 5.10 Å². The minimum atomic E-state index is -0.713. The SMILES string of the molecule is C=NN1C(N(C)C(=O)OC(C)(C)C)=CC(Nc2cccnc2OC2CC2)=C/C1=C(/C)C(=O)NC1CC[C@H](O)C1. The zero-order valence-corrected chi connectivity index (χ0v) is 23.2. The van der Waals surface area contributed by atoms with Gasteiger partial charge in [0.2, 0.25) is 11.8 Å². The lowest BCUT2D eigenvalue weighted by molar-refractivity contribution is -0.118. The fourth-order valence-electron chi connectivity index (χ4n) is 4.30. The number of nitrogens with one attached hydrogen (secondary N) is 2. The highest BCUT2D eigenvalue weighted by Gasteiger charge is 2.32. The van der Waals surface area contributed by atoms with E-state index in [1.807, 2.05) is 6.07 Å². The molecule has 0 aromatic carbocycles. The van der Waals surface area contributed by atoms with Crippen LogP contribution in [0.1, 0.15) is 59.8 Å². The lowest BCUT2D eigenvalue weighted by Gasteiger charge is -2.34. The van der Waals surface area contributed by atoms with E-state index in [0.717, 1.165) is 12.8 Å². The van der Waals surface area contributed by atoms with Crippen LogP contribution in [0.3, 0.4) is 0 Å². The molecule has 2 fully saturated rings. The van der Waals surface area contributed by atoms with Gasteiger partial charge in [-0.2, -0.15) is 5.10 Å². The molecule has 1 aromatic heterocycles. The number of amides is 2. The van der Waals surface area contributed by atoms with E-state index in [1.165, 1.54) is 9.91 Å². The summed E-state index contributed by atoms with van der Waals surface area (Å²) in [6.45, 7) is 10.7. The molecule has 2 atom stereocenters. The van der Waals surface area contributed by atoms with Gasteiger partial charge >= 0.3 is 6.09 Å². The highest BCUT2D eigenvalue weighted by atomic mass is 16.6. The van der Waals surface area contributed by atoms with Crippen LogP contribution in [0.5, 0.6) is 5.88 Å². The van der Waals surface area contributed by atoms with E-state index in [2.05, 4.69) is 27.4 Å². The minimum Gasteiger partial charge on any atom is -0.473 e. The van der Waals surface area contributed by atoms with Crippen LogP contribution in [-0.2, 0) is 9.53 Å². The molecule has 2 amide bonds. The van der Waals surface area contributed by atoms with Crippen LogP contribution in [0.2, 0.25) is 0 Å². The second kappa shape index (κ2) is 11.5. The minimum absolute atomic E-state index is 0.115. The molecule has 0 radical (unpaired) electrons. The van der Waals surface area contributed by atoms with Crippen LogP contribution in [0.25, 0.3) is 0 Å². The molecule has 2 aliphatic carbocycles. The largest absolute Gasteiger partial charge is 0.473 e. The molecule has 0 saturated heterocycles.